The van der Waals surface area contributed by atoms with Crippen molar-refractivity contribution in [2.24, 2.45) is 4.99 Å². The van der Waals surface area contributed by atoms with E-state index >= 15 is 0 Å². The van der Waals surface area contributed by atoms with Crippen molar-refractivity contribution in [1.82, 2.24) is 9.13 Å². The third kappa shape index (κ3) is 8.49. The predicted molar refractivity (Wildman–Crippen MR) is 312 cm³/mol. The molecule has 11 rings (SSSR count). The zero-order chi connectivity index (χ0) is 56.5. The molecule has 0 fully saturated rings. The van der Waals surface area contributed by atoms with Crippen LogP contribution in [0, 0.1) is 102 Å². The normalized spacial score (nSPS) is 11.0. The minimum Gasteiger partial charge on any atom is -0.308 e. The number of hydrogen-bond donors (Lipinski definition) is 0. The molecule has 0 radical (unpaired) electrons. The molecule has 370 valence electrons. The Morgan fingerprint density at radius 2 is 0.667 bits per heavy atom. The highest BCUT2D eigenvalue weighted by Crippen LogP contribution is 2.45. The molecule has 0 saturated heterocycles. The molecule has 0 unspecified atom stereocenters. The molecule has 0 amide bonds. The molecule has 9 aromatic carbocycles. The van der Waals surface area contributed by atoms with E-state index in [2.05, 4.69) is 75.5 Å². The molecular formula is C69H34N12. The Morgan fingerprint density at radius 1 is 0.370 bits per heavy atom. The molecule has 2 heterocycles. The number of nitriles is 9. The fraction of sp³-hybridized carbons (Fsp3) is 0.0145. The third-order valence-electron chi connectivity index (χ3n) is 14.5. The summed E-state index contributed by atoms with van der Waals surface area (Å²) in [6.07, 6.45) is 5.34. The molecule has 0 N–H and O–H groups in total. The van der Waals surface area contributed by atoms with Gasteiger partial charge < -0.3 is 9.13 Å². The van der Waals surface area contributed by atoms with Gasteiger partial charge in [-0.05, 0) is 155 Å². The van der Waals surface area contributed by atoms with E-state index in [9.17, 15) is 47.4 Å². The summed E-state index contributed by atoms with van der Waals surface area (Å²) in [5, 5.41) is 95.5. The highest BCUT2D eigenvalue weighted by Gasteiger charge is 2.26. The maximum atomic E-state index is 11.3. The fourth-order valence-corrected chi connectivity index (χ4v) is 10.8. The predicted octanol–water partition coefficient (Wildman–Crippen LogP) is 15.0. The first kappa shape index (κ1) is 50.3. The van der Waals surface area contributed by atoms with E-state index in [0.717, 1.165) is 21.5 Å². The van der Waals surface area contributed by atoms with E-state index in [1.54, 1.807) is 79.0 Å². The van der Waals surface area contributed by atoms with Crippen LogP contribution in [0.1, 0.15) is 62.6 Å². The van der Waals surface area contributed by atoms with Gasteiger partial charge in [-0.3, -0.25) is 4.99 Å². The van der Waals surface area contributed by atoms with Gasteiger partial charge in [-0.2, -0.15) is 47.4 Å². The molecule has 81 heavy (non-hydrogen) atoms. The van der Waals surface area contributed by atoms with Crippen molar-refractivity contribution in [3.05, 3.63) is 232 Å². The number of aliphatic imine (C=N–C) groups is 1. The lowest BCUT2D eigenvalue weighted by Crippen LogP contribution is -2.07. The summed E-state index contributed by atoms with van der Waals surface area (Å²) < 4.78 is 4.13. The molecule has 0 bridgehead atoms. The van der Waals surface area contributed by atoms with Crippen LogP contribution in [-0.2, 0) is 0 Å². The standard InChI is InChI=1S/C69H34N12/c1-3-46(20-21-79-2)69-67(80-63-28-47(55-12-4-41(32-70)22-51(55)37-75)8-16-59(63)60-17-9-48(29-64(60)80)56-13-5-42(33-71)23-52(56)38-76)26-45(36-74)27-68(69)81-65-30-49(57-14-6-43(34-72)24-53(57)39-77)10-18-61(65)62-19-11-50(31-66(62)81)58-15-7-44(35-73)25-54(58)40-78/h3-31H,2H2,1H3/b21-20-,46-3+. The first-order chi connectivity index (χ1) is 39.6. The van der Waals surface area contributed by atoms with E-state index in [4.69, 9.17) is 0 Å². The topological polar surface area (TPSA) is 236 Å². The van der Waals surface area contributed by atoms with Crippen LogP contribution in [0.4, 0.5) is 0 Å². The molecule has 11 aromatic rings. The second-order valence-electron chi connectivity index (χ2n) is 18.8. The maximum absolute atomic E-state index is 11.3. The van der Waals surface area contributed by atoms with Crippen molar-refractivity contribution < 1.29 is 0 Å². The summed E-state index contributed by atoms with van der Waals surface area (Å²) in [6, 6.07) is 67.1. The van der Waals surface area contributed by atoms with Crippen molar-refractivity contribution in [2.45, 2.75) is 6.92 Å². The first-order valence-electron chi connectivity index (χ1n) is 25.0. The van der Waals surface area contributed by atoms with Crippen LogP contribution in [0.25, 0.3) is 105 Å². The van der Waals surface area contributed by atoms with Gasteiger partial charge in [0, 0.05) is 33.3 Å². The lowest BCUT2D eigenvalue weighted by atomic mass is 9.96. The highest BCUT2D eigenvalue weighted by molar-refractivity contribution is 6.14. The Hall–Kier alpha value is -12.9. The van der Waals surface area contributed by atoms with E-state index in [1.807, 2.05) is 104 Å². The van der Waals surface area contributed by atoms with Gasteiger partial charge in [-0.25, -0.2) is 0 Å². The minimum absolute atomic E-state index is 0.269. The summed E-state index contributed by atoms with van der Waals surface area (Å²) >= 11 is 0. The van der Waals surface area contributed by atoms with E-state index in [1.165, 1.54) is 0 Å². The number of nitrogens with zero attached hydrogens (tertiary/aromatic N) is 12. The first-order valence-corrected chi connectivity index (χ1v) is 25.0. The lowest BCUT2D eigenvalue weighted by molar-refractivity contribution is 1.12. The van der Waals surface area contributed by atoms with Crippen LogP contribution in [0.2, 0.25) is 0 Å². The lowest BCUT2D eigenvalue weighted by Gasteiger charge is -2.22. The van der Waals surface area contributed by atoms with Gasteiger partial charge in [0.25, 0.3) is 0 Å². The molecule has 2 aromatic heterocycles. The summed E-state index contributed by atoms with van der Waals surface area (Å²) in [4.78, 5) is 4.14. The molecule has 0 atom stereocenters. The Balaban J connectivity index is 1.33. The number of allylic oxidation sites excluding steroid dienone is 3. The van der Waals surface area contributed by atoms with Gasteiger partial charge in [0.2, 0.25) is 0 Å². The summed E-state index contributed by atoms with van der Waals surface area (Å²) in [5.74, 6) is 0. The summed E-state index contributed by atoms with van der Waals surface area (Å²) in [6.45, 7) is 5.66. The van der Waals surface area contributed by atoms with Crippen LogP contribution in [0.3, 0.4) is 0 Å². The van der Waals surface area contributed by atoms with Crippen LogP contribution >= 0.6 is 0 Å². The Bertz CT molecular complexity index is 4530. The minimum atomic E-state index is 0.269. The summed E-state index contributed by atoms with van der Waals surface area (Å²) in [5.41, 5.74) is 12.9. The molecule has 0 saturated carbocycles. The van der Waals surface area contributed by atoms with Crippen molar-refractivity contribution in [3.63, 3.8) is 0 Å². The maximum Gasteiger partial charge on any atom is 0.0998 e. The van der Waals surface area contributed by atoms with Crippen molar-refractivity contribution >= 4 is 55.9 Å². The second kappa shape index (κ2) is 20.7. The Kier molecular flexibility index (Phi) is 12.9. The number of hydrogen-bond acceptors (Lipinski definition) is 10. The molecule has 0 aliphatic heterocycles. The van der Waals surface area contributed by atoms with Gasteiger partial charge in [-0.1, -0.05) is 78.9 Å². The fourth-order valence-electron chi connectivity index (χ4n) is 10.8. The van der Waals surface area contributed by atoms with Crippen LogP contribution < -0.4 is 0 Å². The SMILES string of the molecule is C=N/C=C\C(=C/C)c1c(-n2c3cc(-c4ccc(C#N)cc4C#N)ccc3c3ccc(-c4ccc(C#N)cc4C#N)cc32)cc(C#N)cc1-n1c2cc(-c3ccc(C#N)cc3C#N)ccc2c2ccc(-c3ccc(C#N)cc3C#N)cc21. The van der Waals surface area contributed by atoms with E-state index in [-0.39, 0.29) is 5.56 Å². The van der Waals surface area contributed by atoms with Gasteiger partial charge >= 0.3 is 0 Å². The van der Waals surface area contributed by atoms with E-state index < -0.39 is 0 Å². The summed E-state index contributed by atoms with van der Waals surface area (Å²) in [7, 11) is 0. The average Bonchev–Trinajstić information content (AvgIpc) is 3.89. The number of fused-ring (bicyclic) bond motifs is 6. The monoisotopic (exact) mass is 1030 g/mol. The van der Waals surface area contributed by atoms with E-state index in [0.29, 0.717) is 134 Å². The molecular weight excluding hydrogens is 997 g/mol. The molecule has 0 aliphatic rings. The largest absolute Gasteiger partial charge is 0.308 e. The second-order valence-corrected chi connectivity index (χ2v) is 18.8. The smallest absolute Gasteiger partial charge is 0.0998 e. The molecule has 12 heteroatoms. The zero-order valence-corrected chi connectivity index (χ0v) is 42.8. The van der Waals surface area contributed by atoms with Gasteiger partial charge in [-0.15, -0.1) is 0 Å². The van der Waals surface area contributed by atoms with Crippen molar-refractivity contribution in [3.8, 4) is 111 Å². The number of rotatable bonds is 9. The number of benzene rings is 9. The molecule has 12 nitrogen and oxygen atoms in total. The van der Waals surface area contributed by atoms with Crippen molar-refractivity contribution in [1.29, 1.82) is 47.4 Å². The number of aromatic nitrogens is 2. The van der Waals surface area contributed by atoms with Crippen molar-refractivity contribution in [2.75, 3.05) is 0 Å². The Labute approximate surface area is 464 Å². The van der Waals surface area contributed by atoms with Crippen LogP contribution in [0.5, 0.6) is 0 Å². The zero-order valence-electron chi connectivity index (χ0n) is 42.8. The third-order valence-corrected chi connectivity index (χ3v) is 14.5. The highest BCUT2D eigenvalue weighted by atomic mass is 15.0. The molecule has 0 spiro atoms. The average molecular weight is 1030 g/mol. The molecule has 0 aliphatic carbocycles. The quantitative estimate of drug-likeness (QED) is 0.0985. The van der Waals surface area contributed by atoms with Crippen LogP contribution in [-0.4, -0.2) is 15.9 Å². The Morgan fingerprint density at radius 3 is 0.914 bits per heavy atom. The van der Waals surface area contributed by atoms with Gasteiger partial charge in [0.15, 0.2) is 0 Å². The van der Waals surface area contributed by atoms with Crippen LogP contribution in [0.15, 0.2) is 181 Å². The van der Waals surface area contributed by atoms with Gasteiger partial charge in [0.05, 0.1) is 138 Å². The van der Waals surface area contributed by atoms with Gasteiger partial charge in [0.1, 0.15) is 0 Å².